The minimum absolute atomic E-state index is 0.0182. The minimum atomic E-state index is -0.534. The lowest BCUT2D eigenvalue weighted by molar-refractivity contribution is -0.143. The molecule has 7 rings (SSSR count). The van der Waals surface area contributed by atoms with Crippen molar-refractivity contribution in [3.63, 3.8) is 0 Å². The van der Waals surface area contributed by atoms with E-state index in [9.17, 15) is 9.59 Å². The maximum absolute atomic E-state index is 12.6. The number of nitrogens with one attached hydrogen (secondary N) is 1. The van der Waals surface area contributed by atoms with Crippen LogP contribution in [0.2, 0.25) is 0 Å². The number of benzene rings is 2. The van der Waals surface area contributed by atoms with Gasteiger partial charge in [-0.15, -0.1) is 0 Å². The van der Waals surface area contributed by atoms with Gasteiger partial charge in [0.05, 0.1) is 17.4 Å². The van der Waals surface area contributed by atoms with Crippen LogP contribution in [0.3, 0.4) is 0 Å². The molecule has 36 heavy (non-hydrogen) atoms. The number of nitrogens with zero attached hydrogens (tertiary/aromatic N) is 4. The highest BCUT2D eigenvalue weighted by Crippen LogP contribution is 2.45. The van der Waals surface area contributed by atoms with Gasteiger partial charge in [0.15, 0.2) is 5.69 Å². The van der Waals surface area contributed by atoms with Crippen LogP contribution in [0.4, 0.5) is 5.69 Å². The van der Waals surface area contributed by atoms with Crippen LogP contribution in [0, 0.1) is 0 Å². The Morgan fingerprint density at radius 1 is 1.06 bits per heavy atom. The molecule has 3 fully saturated rings. The van der Waals surface area contributed by atoms with Gasteiger partial charge in [-0.25, -0.2) is 4.68 Å². The second-order valence-corrected chi connectivity index (χ2v) is 9.46. The van der Waals surface area contributed by atoms with E-state index in [4.69, 9.17) is 15.6 Å². The molecule has 4 aliphatic rings. The van der Waals surface area contributed by atoms with Crippen molar-refractivity contribution in [1.82, 2.24) is 19.6 Å². The molecule has 4 aliphatic heterocycles. The van der Waals surface area contributed by atoms with E-state index in [1.807, 2.05) is 59.5 Å². The van der Waals surface area contributed by atoms with Gasteiger partial charge in [-0.2, -0.15) is 5.10 Å². The summed E-state index contributed by atoms with van der Waals surface area (Å²) in [6.07, 6.45) is 3.32. The van der Waals surface area contributed by atoms with E-state index >= 15 is 0 Å². The third-order valence-corrected chi connectivity index (χ3v) is 7.34. The number of piperidine rings is 1. The molecule has 0 aliphatic carbocycles. The van der Waals surface area contributed by atoms with Crippen molar-refractivity contribution in [2.45, 2.75) is 31.0 Å². The third kappa shape index (κ3) is 3.72. The molecule has 5 heterocycles. The monoisotopic (exact) mass is 484 g/mol. The number of hydrogen-bond donors (Lipinski definition) is 2. The molecule has 0 spiro atoms. The first-order valence-electron chi connectivity index (χ1n) is 12.2. The summed E-state index contributed by atoms with van der Waals surface area (Å²) >= 11 is 0. The molecule has 184 valence electrons. The van der Waals surface area contributed by atoms with Gasteiger partial charge in [0.25, 0.3) is 5.91 Å². The molecular weight excluding hydrogens is 456 g/mol. The molecule has 0 radical (unpaired) electrons. The van der Waals surface area contributed by atoms with Crippen molar-refractivity contribution >= 4 is 17.5 Å². The van der Waals surface area contributed by atoms with Crippen LogP contribution in [0.25, 0.3) is 5.69 Å². The van der Waals surface area contributed by atoms with E-state index in [2.05, 4.69) is 16.8 Å². The number of amides is 2. The van der Waals surface area contributed by atoms with Gasteiger partial charge in [0.2, 0.25) is 5.91 Å². The van der Waals surface area contributed by atoms with Crippen LogP contribution < -0.4 is 15.8 Å². The van der Waals surface area contributed by atoms with E-state index < -0.39 is 5.91 Å². The fraction of sp³-hybridized carbons (Fsp3) is 0.296. The van der Waals surface area contributed by atoms with Crippen molar-refractivity contribution < 1.29 is 14.3 Å². The molecule has 9 heteroatoms. The summed E-state index contributed by atoms with van der Waals surface area (Å²) in [6, 6.07) is 17.6. The highest BCUT2D eigenvalue weighted by atomic mass is 16.5. The molecule has 2 bridgehead atoms. The zero-order chi connectivity index (χ0) is 24.8. The second-order valence-electron chi connectivity index (χ2n) is 9.46. The van der Waals surface area contributed by atoms with Crippen LogP contribution >= 0.6 is 0 Å². The number of hydrogen-bond acceptors (Lipinski definition) is 6. The lowest BCUT2D eigenvalue weighted by Crippen LogP contribution is -2.70. The molecule has 3 unspecified atom stereocenters. The number of carbonyl (C=O) groups excluding carboxylic acids is 2. The topological polar surface area (TPSA) is 106 Å². The van der Waals surface area contributed by atoms with E-state index in [1.165, 1.54) is 6.08 Å². The summed E-state index contributed by atoms with van der Waals surface area (Å²) in [5.74, 6) is 0.882. The van der Waals surface area contributed by atoms with Crippen molar-refractivity contribution in [3.05, 3.63) is 78.6 Å². The third-order valence-electron chi connectivity index (χ3n) is 7.34. The highest BCUT2D eigenvalue weighted by molar-refractivity contribution is 5.98. The van der Waals surface area contributed by atoms with Gasteiger partial charge >= 0.3 is 0 Å². The number of primary amides is 1. The van der Waals surface area contributed by atoms with Crippen LogP contribution in [0.5, 0.6) is 11.5 Å². The van der Waals surface area contributed by atoms with Gasteiger partial charge in [-0.05, 0) is 55.3 Å². The lowest BCUT2D eigenvalue weighted by Gasteiger charge is -2.59. The van der Waals surface area contributed by atoms with Gasteiger partial charge in [0.1, 0.15) is 17.2 Å². The molecule has 9 nitrogen and oxygen atoms in total. The number of para-hydroxylation sites is 1. The summed E-state index contributed by atoms with van der Waals surface area (Å²) in [7, 11) is 0. The Morgan fingerprint density at radius 3 is 2.42 bits per heavy atom. The first kappa shape index (κ1) is 22.4. The summed E-state index contributed by atoms with van der Waals surface area (Å²) in [5, 5.41) is 8.28. The zero-order valence-electron chi connectivity index (χ0n) is 19.8. The fourth-order valence-electron chi connectivity index (χ4n) is 5.75. The largest absolute Gasteiger partial charge is 0.457 e. The summed E-state index contributed by atoms with van der Waals surface area (Å²) in [5.41, 5.74) is 8.46. The average molecular weight is 485 g/mol. The minimum Gasteiger partial charge on any atom is -0.457 e. The van der Waals surface area contributed by atoms with E-state index in [1.54, 1.807) is 4.68 Å². The Labute approximate surface area is 209 Å². The zero-order valence-corrected chi connectivity index (χ0v) is 19.8. The maximum Gasteiger partial charge on any atom is 0.269 e. The first-order chi connectivity index (χ1) is 17.5. The number of anilines is 1. The smallest absolute Gasteiger partial charge is 0.269 e. The molecule has 3 aromatic rings. The standard InChI is InChI=1S/C27H28N6O3/c1-2-23(34)31-15-18-14-19(16-31)32(18)22-12-13-29-25-24(22)30-33(26(25)27(28)35)17-8-10-21(11-9-17)36-20-6-4-3-5-7-20/h2-11,18-19,22,29H,1,12-16H2,(H2,28,35). The molecule has 3 N–H and O–H groups in total. The van der Waals surface area contributed by atoms with Crippen LogP contribution in [0.15, 0.2) is 67.3 Å². The Hall–Kier alpha value is -4.11. The number of carbonyl (C=O) groups is 2. The Balaban J connectivity index is 1.29. The Kier molecular flexibility index (Phi) is 5.49. The molecule has 2 aromatic carbocycles. The molecule has 0 saturated carbocycles. The van der Waals surface area contributed by atoms with Crippen LogP contribution in [-0.2, 0) is 4.79 Å². The highest BCUT2D eigenvalue weighted by Gasteiger charge is 2.50. The number of fused-ring (bicyclic) bond motifs is 3. The van der Waals surface area contributed by atoms with Gasteiger partial charge in [0, 0.05) is 31.7 Å². The quantitative estimate of drug-likeness (QED) is 0.521. The molecule has 1 aromatic heterocycles. The van der Waals surface area contributed by atoms with Crippen LogP contribution in [0.1, 0.15) is 35.1 Å². The Morgan fingerprint density at radius 2 is 1.75 bits per heavy atom. The summed E-state index contributed by atoms with van der Waals surface area (Å²) in [4.78, 5) is 29.0. The molecule has 3 atom stereocenters. The van der Waals surface area contributed by atoms with Crippen molar-refractivity contribution in [3.8, 4) is 17.2 Å². The number of rotatable bonds is 6. The average Bonchev–Trinajstić information content (AvgIpc) is 3.30. The molecule has 2 amide bonds. The van der Waals surface area contributed by atoms with Crippen molar-refractivity contribution in [2.75, 3.05) is 25.0 Å². The first-order valence-corrected chi connectivity index (χ1v) is 12.2. The van der Waals surface area contributed by atoms with E-state index in [0.29, 0.717) is 30.2 Å². The van der Waals surface area contributed by atoms with Crippen molar-refractivity contribution in [1.29, 1.82) is 0 Å². The number of piperazine rings is 1. The van der Waals surface area contributed by atoms with Gasteiger partial charge in [-0.1, -0.05) is 24.8 Å². The Bertz CT molecular complexity index is 1310. The second kappa shape index (κ2) is 8.83. The normalized spacial score (nSPS) is 22.7. The van der Waals surface area contributed by atoms with E-state index in [-0.39, 0.29) is 24.0 Å². The maximum atomic E-state index is 12.6. The lowest BCUT2D eigenvalue weighted by atomic mass is 9.83. The van der Waals surface area contributed by atoms with Gasteiger partial charge < -0.3 is 20.7 Å². The molecule has 3 saturated heterocycles. The number of nitrogens with two attached hydrogens (primary N) is 1. The summed E-state index contributed by atoms with van der Waals surface area (Å²) < 4.78 is 7.53. The number of aromatic nitrogens is 2. The predicted octanol–water partition coefficient (Wildman–Crippen LogP) is 3.09. The SMILES string of the molecule is C=CC(=O)N1CC2CC(C1)N2C1CCNc2c1nn(-c1ccc(Oc3ccccc3)cc1)c2C(N)=O. The fourth-order valence-corrected chi connectivity index (χ4v) is 5.75. The number of ether oxygens (including phenoxy) is 1. The predicted molar refractivity (Wildman–Crippen MR) is 135 cm³/mol. The molecular formula is C27H28N6O3. The van der Waals surface area contributed by atoms with Gasteiger partial charge in [-0.3, -0.25) is 14.5 Å². The van der Waals surface area contributed by atoms with Crippen molar-refractivity contribution in [2.24, 2.45) is 5.73 Å². The summed E-state index contributed by atoms with van der Waals surface area (Å²) in [6.45, 7) is 5.72. The van der Waals surface area contributed by atoms with E-state index in [0.717, 1.165) is 36.5 Å². The van der Waals surface area contributed by atoms with Crippen LogP contribution in [-0.4, -0.2) is 63.1 Å².